The molecule has 4 nitrogen and oxygen atoms in total. The van der Waals surface area contributed by atoms with Gasteiger partial charge in [0.15, 0.2) is 0 Å². The van der Waals surface area contributed by atoms with Crippen LogP contribution in [-0.4, -0.2) is 11.9 Å². The first kappa shape index (κ1) is 22.4. The third kappa shape index (κ3) is 6.04. The third-order valence-electron chi connectivity index (χ3n) is 4.27. The van der Waals surface area contributed by atoms with Crippen LogP contribution in [0.1, 0.15) is 18.1 Å². The summed E-state index contributed by atoms with van der Waals surface area (Å²) in [4.78, 5) is 22.5. The zero-order valence-electron chi connectivity index (χ0n) is 17.0. The molecule has 0 N–H and O–H groups in total. The van der Waals surface area contributed by atoms with E-state index in [1.807, 2.05) is 24.3 Å². The minimum absolute atomic E-state index is 0.216. The standard InChI is InChI=1S/C26H24O4/c1-6-20-17-22(21-11-14-23(15-12-21)30-26(28)8-3)13-16-24(20)18(4)9-10-19(5)29-25(27)7-2/h7-17H,2-6H2,1H3/b10-9-. The molecule has 0 atom stereocenters. The molecule has 4 heteroatoms. The Morgan fingerprint density at radius 1 is 0.900 bits per heavy atom. The van der Waals surface area contributed by atoms with Crippen molar-refractivity contribution in [2.75, 3.05) is 0 Å². The van der Waals surface area contributed by atoms with Crippen molar-refractivity contribution in [1.29, 1.82) is 0 Å². The summed E-state index contributed by atoms with van der Waals surface area (Å²) in [6, 6.07) is 13.4. The van der Waals surface area contributed by atoms with Gasteiger partial charge in [-0.05, 0) is 52.5 Å². The van der Waals surface area contributed by atoms with Crippen molar-refractivity contribution in [1.82, 2.24) is 0 Å². The minimum Gasteiger partial charge on any atom is -0.424 e. The normalized spacial score (nSPS) is 10.3. The molecule has 0 fully saturated rings. The van der Waals surface area contributed by atoms with Gasteiger partial charge in [0, 0.05) is 12.2 Å². The zero-order valence-corrected chi connectivity index (χ0v) is 17.0. The molecule has 0 aliphatic rings. The van der Waals surface area contributed by atoms with E-state index in [1.165, 1.54) is 0 Å². The Morgan fingerprint density at radius 2 is 1.53 bits per heavy atom. The molecule has 2 aromatic rings. The largest absolute Gasteiger partial charge is 0.424 e. The first-order valence-corrected chi connectivity index (χ1v) is 9.36. The Bertz CT molecular complexity index is 1020. The first-order chi connectivity index (χ1) is 14.4. The van der Waals surface area contributed by atoms with E-state index in [1.54, 1.807) is 24.3 Å². The Kier molecular flexibility index (Phi) is 7.89. The fraction of sp³-hybridized carbons (Fsp3) is 0.0769. The van der Waals surface area contributed by atoms with Gasteiger partial charge in [-0.1, -0.05) is 69.6 Å². The number of aryl methyl sites for hydroxylation is 1. The summed E-state index contributed by atoms with van der Waals surface area (Å²) in [5.74, 6) is -0.368. The highest BCUT2D eigenvalue weighted by molar-refractivity contribution is 5.84. The molecule has 0 spiro atoms. The Labute approximate surface area is 177 Å². The topological polar surface area (TPSA) is 52.6 Å². The summed E-state index contributed by atoms with van der Waals surface area (Å²) in [6.07, 6.45) is 6.38. The van der Waals surface area contributed by atoms with Gasteiger partial charge in [-0.2, -0.15) is 0 Å². The van der Waals surface area contributed by atoms with Gasteiger partial charge in [-0.15, -0.1) is 0 Å². The number of benzene rings is 2. The fourth-order valence-electron chi connectivity index (χ4n) is 2.74. The van der Waals surface area contributed by atoms with E-state index in [2.05, 4.69) is 39.3 Å². The molecule has 0 unspecified atom stereocenters. The summed E-state index contributed by atoms with van der Waals surface area (Å²) in [7, 11) is 0. The van der Waals surface area contributed by atoms with Crippen LogP contribution in [0.5, 0.6) is 5.75 Å². The molecule has 30 heavy (non-hydrogen) atoms. The van der Waals surface area contributed by atoms with Gasteiger partial charge in [0.05, 0.1) is 0 Å². The van der Waals surface area contributed by atoms with Gasteiger partial charge >= 0.3 is 11.9 Å². The maximum Gasteiger partial charge on any atom is 0.335 e. The van der Waals surface area contributed by atoms with Crippen molar-refractivity contribution in [3.05, 3.63) is 110 Å². The molecule has 2 aromatic carbocycles. The number of allylic oxidation sites excluding steroid dienone is 3. The molecule has 0 radical (unpaired) electrons. The van der Waals surface area contributed by atoms with E-state index in [4.69, 9.17) is 9.47 Å². The number of rotatable bonds is 9. The zero-order chi connectivity index (χ0) is 22.1. The van der Waals surface area contributed by atoms with Gasteiger partial charge in [0.25, 0.3) is 0 Å². The lowest BCUT2D eigenvalue weighted by molar-refractivity contribution is -0.133. The van der Waals surface area contributed by atoms with E-state index < -0.39 is 11.9 Å². The van der Waals surface area contributed by atoms with Crippen molar-refractivity contribution >= 4 is 17.5 Å². The Hall–Kier alpha value is -3.92. The van der Waals surface area contributed by atoms with Crippen LogP contribution in [-0.2, 0) is 20.7 Å². The van der Waals surface area contributed by atoms with E-state index in [0.29, 0.717) is 5.75 Å². The van der Waals surface area contributed by atoms with Crippen LogP contribution in [0.15, 0.2) is 98.8 Å². The molecule has 0 heterocycles. The summed E-state index contributed by atoms with van der Waals surface area (Å²) in [5.41, 5.74) is 4.94. The van der Waals surface area contributed by atoms with Gasteiger partial charge in [-0.25, -0.2) is 9.59 Å². The van der Waals surface area contributed by atoms with Crippen LogP contribution in [0.4, 0.5) is 0 Å². The number of hydrogen-bond donors (Lipinski definition) is 0. The predicted molar refractivity (Wildman–Crippen MR) is 121 cm³/mol. The molecule has 0 amide bonds. The fourth-order valence-corrected chi connectivity index (χ4v) is 2.74. The number of ether oxygens (including phenoxy) is 2. The van der Waals surface area contributed by atoms with E-state index in [-0.39, 0.29) is 5.76 Å². The summed E-state index contributed by atoms with van der Waals surface area (Å²) < 4.78 is 10.1. The lowest BCUT2D eigenvalue weighted by Gasteiger charge is -2.12. The number of hydrogen-bond acceptors (Lipinski definition) is 4. The van der Waals surface area contributed by atoms with Crippen molar-refractivity contribution in [2.24, 2.45) is 0 Å². The molecule has 0 bridgehead atoms. The lowest BCUT2D eigenvalue weighted by Crippen LogP contribution is -2.02. The van der Waals surface area contributed by atoms with Gasteiger partial charge in [0.1, 0.15) is 11.5 Å². The van der Waals surface area contributed by atoms with E-state index in [9.17, 15) is 9.59 Å². The molecular weight excluding hydrogens is 376 g/mol. The van der Waals surface area contributed by atoms with Gasteiger partial charge in [-0.3, -0.25) is 0 Å². The van der Waals surface area contributed by atoms with E-state index >= 15 is 0 Å². The van der Waals surface area contributed by atoms with E-state index in [0.717, 1.165) is 46.4 Å². The van der Waals surface area contributed by atoms with Crippen molar-refractivity contribution in [3.8, 4) is 16.9 Å². The summed E-state index contributed by atoms with van der Waals surface area (Å²) >= 11 is 0. The molecule has 0 saturated heterocycles. The van der Waals surface area contributed by atoms with Crippen LogP contribution in [0, 0.1) is 0 Å². The maximum atomic E-state index is 11.3. The van der Waals surface area contributed by atoms with Crippen LogP contribution in [0.2, 0.25) is 0 Å². The van der Waals surface area contributed by atoms with Gasteiger partial charge < -0.3 is 9.47 Å². The van der Waals surface area contributed by atoms with Crippen molar-refractivity contribution in [2.45, 2.75) is 13.3 Å². The second-order valence-corrected chi connectivity index (χ2v) is 6.33. The molecule has 0 aliphatic heterocycles. The highest BCUT2D eigenvalue weighted by atomic mass is 16.5. The van der Waals surface area contributed by atoms with Crippen LogP contribution < -0.4 is 4.74 Å². The summed E-state index contributed by atoms with van der Waals surface area (Å²) in [6.45, 7) is 16.6. The average molecular weight is 400 g/mol. The molecular formula is C26H24O4. The summed E-state index contributed by atoms with van der Waals surface area (Å²) in [5, 5.41) is 0. The monoisotopic (exact) mass is 400 g/mol. The van der Waals surface area contributed by atoms with Crippen LogP contribution in [0.25, 0.3) is 16.7 Å². The number of esters is 2. The third-order valence-corrected chi connectivity index (χ3v) is 4.27. The predicted octanol–water partition coefficient (Wildman–Crippen LogP) is 5.82. The number of carbonyl (C=O) groups excluding carboxylic acids is 2. The van der Waals surface area contributed by atoms with Gasteiger partial charge in [0.2, 0.25) is 0 Å². The van der Waals surface area contributed by atoms with Crippen LogP contribution in [0.3, 0.4) is 0 Å². The highest BCUT2D eigenvalue weighted by Crippen LogP contribution is 2.28. The average Bonchev–Trinajstić information content (AvgIpc) is 2.77. The smallest absolute Gasteiger partial charge is 0.335 e. The SMILES string of the molecule is C=CC(=O)OC(=C)/C=C\C(=C)c1ccc(-c2ccc(OC(=O)C=C)cc2)cc1CC. The van der Waals surface area contributed by atoms with Crippen LogP contribution >= 0.6 is 0 Å². The molecule has 0 saturated carbocycles. The number of carbonyl (C=O) groups is 2. The first-order valence-electron chi connectivity index (χ1n) is 9.36. The second-order valence-electron chi connectivity index (χ2n) is 6.33. The molecule has 152 valence electrons. The Morgan fingerprint density at radius 3 is 2.13 bits per heavy atom. The second kappa shape index (κ2) is 10.6. The minimum atomic E-state index is -0.556. The lowest BCUT2D eigenvalue weighted by atomic mass is 9.94. The molecule has 0 aliphatic carbocycles. The Balaban J connectivity index is 2.20. The van der Waals surface area contributed by atoms with Crippen molar-refractivity contribution < 1.29 is 19.1 Å². The maximum absolute atomic E-state index is 11.3. The molecule has 0 aromatic heterocycles. The highest BCUT2D eigenvalue weighted by Gasteiger charge is 2.07. The van der Waals surface area contributed by atoms with Crippen molar-refractivity contribution in [3.63, 3.8) is 0 Å². The quantitative estimate of drug-likeness (QED) is 0.175. The molecule has 2 rings (SSSR count).